The number of rotatable bonds is 4. The van der Waals surface area contributed by atoms with Crippen LogP contribution in [-0.4, -0.2) is 16.8 Å². The van der Waals surface area contributed by atoms with Crippen molar-refractivity contribution in [2.24, 2.45) is 5.73 Å². The Bertz CT molecular complexity index is 1000. The molecule has 2 amide bonds. The average Bonchev–Trinajstić information content (AvgIpc) is 2.99. The number of nitrogens with zero attached hydrogens (tertiary/aromatic N) is 1. The van der Waals surface area contributed by atoms with Crippen molar-refractivity contribution in [3.8, 4) is 10.6 Å². The number of halogens is 2. The van der Waals surface area contributed by atoms with E-state index in [1.165, 1.54) is 41.7 Å². The predicted molar refractivity (Wildman–Crippen MR) is 100 cm³/mol. The zero-order valence-electron chi connectivity index (χ0n) is 13.5. The second kappa shape index (κ2) is 7.23. The van der Waals surface area contributed by atoms with Gasteiger partial charge in [0.2, 0.25) is 5.91 Å². The van der Waals surface area contributed by atoms with Crippen molar-refractivity contribution < 1.29 is 14.0 Å². The van der Waals surface area contributed by atoms with Crippen LogP contribution in [0.4, 0.5) is 10.1 Å². The largest absolute Gasteiger partial charge is 0.366 e. The molecule has 26 heavy (non-hydrogen) atoms. The Balaban J connectivity index is 1.88. The maximum absolute atomic E-state index is 13.1. The maximum atomic E-state index is 13.1. The highest BCUT2D eigenvalue weighted by Gasteiger charge is 2.18. The van der Waals surface area contributed by atoms with E-state index in [2.05, 4.69) is 10.3 Å². The average molecular weight is 390 g/mol. The van der Waals surface area contributed by atoms with Crippen molar-refractivity contribution in [3.05, 3.63) is 69.4 Å². The van der Waals surface area contributed by atoms with Crippen molar-refractivity contribution in [3.63, 3.8) is 0 Å². The lowest BCUT2D eigenvalue weighted by Crippen LogP contribution is -2.14. The van der Waals surface area contributed by atoms with Crippen LogP contribution in [-0.2, 0) is 0 Å². The number of amides is 2. The molecule has 5 nitrogen and oxygen atoms in total. The van der Waals surface area contributed by atoms with Gasteiger partial charge in [0, 0.05) is 11.1 Å². The molecule has 132 valence electrons. The minimum absolute atomic E-state index is 0.234. The second-order valence-corrected chi connectivity index (χ2v) is 6.86. The highest BCUT2D eigenvalue weighted by molar-refractivity contribution is 7.17. The molecule has 0 aliphatic carbocycles. The number of aryl methyl sites for hydroxylation is 1. The summed E-state index contributed by atoms with van der Waals surface area (Å²) in [6.45, 7) is 1.71. The summed E-state index contributed by atoms with van der Waals surface area (Å²) in [5, 5.41) is 3.55. The summed E-state index contributed by atoms with van der Waals surface area (Å²) in [6.07, 6.45) is 0. The van der Waals surface area contributed by atoms with E-state index < -0.39 is 11.8 Å². The lowest BCUT2D eigenvalue weighted by atomic mass is 10.2. The molecule has 0 fully saturated rings. The number of anilines is 1. The SMILES string of the molecule is Cc1nc(-c2ccc(F)cc2)sc1C(=O)Nc1cc(C(N)=O)ccc1Cl. The van der Waals surface area contributed by atoms with E-state index in [4.69, 9.17) is 17.3 Å². The Morgan fingerprint density at radius 2 is 1.88 bits per heavy atom. The van der Waals surface area contributed by atoms with E-state index in [1.54, 1.807) is 19.1 Å². The first-order valence-electron chi connectivity index (χ1n) is 7.49. The Kier molecular flexibility index (Phi) is 5.01. The van der Waals surface area contributed by atoms with Crippen molar-refractivity contribution in [1.82, 2.24) is 4.98 Å². The van der Waals surface area contributed by atoms with Gasteiger partial charge in [-0.15, -0.1) is 11.3 Å². The van der Waals surface area contributed by atoms with E-state index >= 15 is 0 Å². The van der Waals surface area contributed by atoms with Crippen molar-refractivity contribution in [2.75, 3.05) is 5.32 Å². The maximum Gasteiger partial charge on any atom is 0.267 e. The standard InChI is InChI=1S/C18H13ClFN3O2S/c1-9-15(26-18(22-9)10-2-5-12(20)6-3-10)17(25)23-14-8-11(16(21)24)4-7-13(14)19/h2-8H,1H3,(H2,21,24)(H,23,25). The number of thiazole rings is 1. The van der Waals surface area contributed by atoms with Crippen molar-refractivity contribution in [1.29, 1.82) is 0 Å². The summed E-state index contributed by atoms with van der Waals surface area (Å²) < 4.78 is 13.1. The van der Waals surface area contributed by atoms with Gasteiger partial charge >= 0.3 is 0 Å². The Labute approximate surface area is 157 Å². The highest BCUT2D eigenvalue weighted by atomic mass is 35.5. The molecule has 3 rings (SSSR count). The Morgan fingerprint density at radius 1 is 1.19 bits per heavy atom. The van der Waals surface area contributed by atoms with Crippen LogP contribution in [0.2, 0.25) is 5.02 Å². The van der Waals surface area contributed by atoms with Gasteiger partial charge in [0.15, 0.2) is 0 Å². The zero-order chi connectivity index (χ0) is 18.8. The van der Waals surface area contributed by atoms with E-state index in [9.17, 15) is 14.0 Å². The molecule has 0 bridgehead atoms. The van der Waals surface area contributed by atoms with Crippen LogP contribution in [0.5, 0.6) is 0 Å². The van der Waals surface area contributed by atoms with Crippen LogP contribution in [0.1, 0.15) is 25.7 Å². The molecular formula is C18H13ClFN3O2S. The first-order chi connectivity index (χ1) is 12.3. The third kappa shape index (κ3) is 3.74. The first-order valence-corrected chi connectivity index (χ1v) is 8.68. The lowest BCUT2D eigenvalue weighted by Gasteiger charge is -2.07. The van der Waals surface area contributed by atoms with Gasteiger partial charge in [0.05, 0.1) is 16.4 Å². The number of hydrogen-bond acceptors (Lipinski definition) is 4. The van der Waals surface area contributed by atoms with Crippen LogP contribution in [0.15, 0.2) is 42.5 Å². The van der Waals surface area contributed by atoms with Crippen molar-refractivity contribution in [2.45, 2.75) is 6.92 Å². The zero-order valence-corrected chi connectivity index (χ0v) is 15.1. The van der Waals surface area contributed by atoms with Gasteiger partial charge in [-0.2, -0.15) is 0 Å². The summed E-state index contributed by atoms with van der Waals surface area (Å²) in [5.41, 5.74) is 7.01. The first kappa shape index (κ1) is 18.0. The molecule has 3 aromatic rings. The van der Waals surface area contributed by atoms with Crippen LogP contribution in [0.25, 0.3) is 10.6 Å². The fourth-order valence-corrected chi connectivity index (χ4v) is 3.41. The number of hydrogen-bond donors (Lipinski definition) is 2. The summed E-state index contributed by atoms with van der Waals surface area (Å²) in [4.78, 5) is 28.6. The van der Waals surface area contributed by atoms with Crippen molar-refractivity contribution >= 4 is 40.4 Å². The summed E-state index contributed by atoms with van der Waals surface area (Å²) in [6, 6.07) is 10.2. The molecule has 3 N–H and O–H groups in total. The molecule has 8 heteroatoms. The monoisotopic (exact) mass is 389 g/mol. The quantitative estimate of drug-likeness (QED) is 0.699. The molecule has 0 atom stereocenters. The molecule has 0 unspecified atom stereocenters. The predicted octanol–water partition coefficient (Wildman–Crippen LogP) is 4.26. The minimum atomic E-state index is -0.621. The highest BCUT2D eigenvalue weighted by Crippen LogP contribution is 2.30. The van der Waals surface area contributed by atoms with Crippen LogP contribution in [0.3, 0.4) is 0 Å². The molecule has 1 aromatic heterocycles. The third-order valence-electron chi connectivity index (χ3n) is 3.59. The smallest absolute Gasteiger partial charge is 0.267 e. The number of nitrogens with one attached hydrogen (secondary N) is 1. The third-order valence-corrected chi connectivity index (χ3v) is 5.13. The summed E-state index contributed by atoms with van der Waals surface area (Å²) in [7, 11) is 0. The topological polar surface area (TPSA) is 85.1 Å². The number of benzene rings is 2. The number of carbonyl (C=O) groups excluding carboxylic acids is 2. The van der Waals surface area contributed by atoms with E-state index in [1.807, 2.05) is 0 Å². The molecule has 0 aliphatic heterocycles. The van der Waals surface area contributed by atoms with E-state index in [-0.39, 0.29) is 22.1 Å². The lowest BCUT2D eigenvalue weighted by molar-refractivity contribution is 0.0996. The molecule has 0 saturated carbocycles. The fraction of sp³-hybridized carbons (Fsp3) is 0.0556. The van der Waals surface area contributed by atoms with Gasteiger partial charge in [-0.3, -0.25) is 9.59 Å². The normalized spacial score (nSPS) is 10.6. The van der Waals surface area contributed by atoms with E-state index in [0.29, 0.717) is 21.1 Å². The number of carbonyl (C=O) groups is 2. The minimum Gasteiger partial charge on any atom is -0.366 e. The molecule has 0 saturated heterocycles. The van der Waals surface area contributed by atoms with Gasteiger partial charge in [0.1, 0.15) is 15.7 Å². The molecule has 1 heterocycles. The van der Waals surface area contributed by atoms with Gasteiger partial charge in [-0.25, -0.2) is 9.37 Å². The fourth-order valence-electron chi connectivity index (χ4n) is 2.28. The van der Waals surface area contributed by atoms with Crippen LogP contribution in [0, 0.1) is 12.7 Å². The van der Waals surface area contributed by atoms with Gasteiger partial charge in [0.25, 0.3) is 5.91 Å². The second-order valence-electron chi connectivity index (χ2n) is 5.45. The molecule has 0 radical (unpaired) electrons. The Morgan fingerprint density at radius 3 is 2.54 bits per heavy atom. The summed E-state index contributed by atoms with van der Waals surface area (Å²) >= 11 is 7.26. The Hall–Kier alpha value is -2.77. The van der Waals surface area contributed by atoms with Gasteiger partial charge < -0.3 is 11.1 Å². The summed E-state index contributed by atoms with van der Waals surface area (Å²) in [5.74, 6) is -1.37. The van der Waals surface area contributed by atoms with E-state index in [0.717, 1.165) is 0 Å². The van der Waals surface area contributed by atoms with Crippen LogP contribution >= 0.6 is 22.9 Å². The number of aromatic nitrogens is 1. The van der Waals surface area contributed by atoms with Gasteiger partial charge in [-0.1, -0.05) is 11.6 Å². The molecule has 0 spiro atoms. The molecule has 2 aromatic carbocycles. The number of primary amides is 1. The van der Waals surface area contributed by atoms with Crippen LogP contribution < -0.4 is 11.1 Å². The molecular weight excluding hydrogens is 377 g/mol. The molecule has 0 aliphatic rings. The number of nitrogens with two attached hydrogens (primary N) is 1. The van der Waals surface area contributed by atoms with Gasteiger partial charge in [-0.05, 0) is 49.4 Å².